The Labute approximate surface area is 191 Å². The second-order valence-electron chi connectivity index (χ2n) is 9.26. The number of amides is 1. The molecule has 0 unspecified atom stereocenters. The number of phenolic OH excluding ortho intramolecular Hbond substituents is 1. The predicted octanol–water partition coefficient (Wildman–Crippen LogP) is 6.19. The molecule has 32 heavy (non-hydrogen) atoms. The molecule has 1 amide bonds. The highest BCUT2D eigenvalue weighted by Gasteiger charge is 2.35. The van der Waals surface area contributed by atoms with Crippen molar-refractivity contribution in [2.24, 2.45) is 0 Å². The van der Waals surface area contributed by atoms with Crippen molar-refractivity contribution in [3.8, 4) is 11.5 Å². The van der Waals surface area contributed by atoms with E-state index in [4.69, 9.17) is 16.3 Å². The van der Waals surface area contributed by atoms with E-state index in [1.165, 1.54) is 0 Å². The summed E-state index contributed by atoms with van der Waals surface area (Å²) in [6.07, 6.45) is 0. The zero-order valence-electron chi connectivity index (χ0n) is 18.3. The first-order valence-corrected chi connectivity index (χ1v) is 11.2. The highest BCUT2D eigenvalue weighted by Crippen LogP contribution is 2.45. The van der Waals surface area contributed by atoms with Crippen LogP contribution in [0.2, 0.25) is 0 Å². The van der Waals surface area contributed by atoms with Crippen LogP contribution >= 0.6 is 11.6 Å². The molecule has 164 valence electrons. The van der Waals surface area contributed by atoms with Gasteiger partial charge < -0.3 is 19.7 Å². The van der Waals surface area contributed by atoms with Gasteiger partial charge in [0.25, 0.3) is 5.91 Å². The van der Waals surface area contributed by atoms with Gasteiger partial charge in [-0.05, 0) is 43.9 Å². The van der Waals surface area contributed by atoms with Crippen LogP contribution < -0.4 is 9.64 Å². The number of halogens is 1. The van der Waals surface area contributed by atoms with Crippen LogP contribution in [0.1, 0.15) is 42.7 Å². The Morgan fingerprint density at radius 3 is 2.62 bits per heavy atom. The molecule has 2 heterocycles. The molecule has 2 N–H and O–H groups in total. The van der Waals surface area contributed by atoms with E-state index in [0.29, 0.717) is 29.6 Å². The molecule has 0 bridgehead atoms. The largest absolute Gasteiger partial charge is 0.507 e. The molecular weight excluding hydrogens is 424 g/mol. The van der Waals surface area contributed by atoms with Gasteiger partial charge in [-0.25, -0.2) is 0 Å². The Morgan fingerprint density at radius 2 is 1.91 bits per heavy atom. The second kappa shape index (κ2) is 7.45. The third-order valence-electron chi connectivity index (χ3n) is 5.84. The molecule has 5 rings (SSSR count). The molecular formula is C26H25ClN2O3. The Hall–Kier alpha value is -3.18. The van der Waals surface area contributed by atoms with E-state index in [0.717, 1.165) is 27.2 Å². The third kappa shape index (κ3) is 3.37. The summed E-state index contributed by atoms with van der Waals surface area (Å²) in [7, 11) is 0. The first-order valence-electron chi connectivity index (χ1n) is 10.7. The predicted molar refractivity (Wildman–Crippen MR) is 129 cm³/mol. The fourth-order valence-corrected chi connectivity index (χ4v) is 4.80. The molecule has 1 atom stereocenters. The molecule has 0 saturated carbocycles. The molecule has 3 aromatic carbocycles. The van der Waals surface area contributed by atoms with Crippen molar-refractivity contribution in [1.29, 1.82) is 0 Å². The number of hydrogen-bond donors (Lipinski definition) is 2. The minimum atomic E-state index is -0.358. The highest BCUT2D eigenvalue weighted by atomic mass is 35.5. The number of para-hydroxylation sites is 1. The van der Waals surface area contributed by atoms with Gasteiger partial charge >= 0.3 is 0 Å². The Morgan fingerprint density at radius 1 is 1.16 bits per heavy atom. The van der Waals surface area contributed by atoms with Gasteiger partial charge in [0.1, 0.15) is 22.8 Å². The molecule has 1 aliphatic rings. The standard InChI is InChI=1S/C26H25ClN2O3/c1-26(2,3)32-22-10-6-7-15-11-19(28-24(15)22)25(31)29-14-16(13-27)23-18-9-5-4-8-17(18)21(30)12-20(23)29/h4-12,16,28,30H,13-14H2,1-3H3/t16-/m1/s1. The topological polar surface area (TPSA) is 65.6 Å². The average Bonchev–Trinajstić information content (AvgIpc) is 3.35. The summed E-state index contributed by atoms with van der Waals surface area (Å²) in [6.45, 7) is 6.44. The quantitative estimate of drug-likeness (QED) is 0.367. The van der Waals surface area contributed by atoms with Crippen LogP contribution in [-0.4, -0.2) is 34.0 Å². The van der Waals surface area contributed by atoms with Crippen molar-refractivity contribution >= 4 is 44.9 Å². The lowest BCUT2D eigenvalue weighted by atomic mass is 9.95. The molecule has 0 aliphatic carbocycles. The summed E-state index contributed by atoms with van der Waals surface area (Å²) in [5, 5.41) is 13.2. The van der Waals surface area contributed by atoms with Crippen molar-refractivity contribution in [3.63, 3.8) is 0 Å². The molecule has 1 aliphatic heterocycles. The van der Waals surface area contributed by atoms with Crippen molar-refractivity contribution in [2.45, 2.75) is 32.3 Å². The maximum absolute atomic E-state index is 13.6. The maximum atomic E-state index is 13.6. The van der Waals surface area contributed by atoms with Crippen molar-refractivity contribution < 1.29 is 14.6 Å². The highest BCUT2D eigenvalue weighted by molar-refractivity contribution is 6.19. The zero-order valence-corrected chi connectivity index (χ0v) is 19.0. The number of alkyl halides is 1. The normalized spacial score (nSPS) is 16.0. The van der Waals surface area contributed by atoms with Crippen LogP contribution in [0.3, 0.4) is 0 Å². The summed E-state index contributed by atoms with van der Waals surface area (Å²) in [4.78, 5) is 18.6. The van der Waals surface area contributed by atoms with Gasteiger partial charge in [0.15, 0.2) is 0 Å². The number of rotatable bonds is 3. The van der Waals surface area contributed by atoms with Crippen LogP contribution in [0, 0.1) is 0 Å². The minimum Gasteiger partial charge on any atom is -0.507 e. The average molecular weight is 449 g/mol. The van der Waals surface area contributed by atoms with E-state index in [9.17, 15) is 9.90 Å². The first-order chi connectivity index (χ1) is 15.3. The lowest BCUT2D eigenvalue weighted by Gasteiger charge is -2.21. The molecule has 5 nitrogen and oxygen atoms in total. The fraction of sp³-hybridized carbons (Fsp3) is 0.269. The summed E-state index contributed by atoms with van der Waals surface area (Å²) < 4.78 is 6.08. The number of nitrogens with zero attached hydrogens (tertiary/aromatic N) is 1. The Balaban J connectivity index is 1.59. The smallest absolute Gasteiger partial charge is 0.274 e. The number of fused-ring (bicyclic) bond motifs is 4. The lowest BCUT2D eigenvalue weighted by molar-refractivity contribution is 0.0984. The fourth-order valence-electron chi connectivity index (χ4n) is 4.55. The molecule has 1 aromatic heterocycles. The number of phenols is 1. The number of carbonyl (C=O) groups excluding carboxylic acids is 1. The number of aromatic nitrogens is 1. The van der Waals surface area contributed by atoms with Gasteiger partial charge in [-0.3, -0.25) is 4.79 Å². The molecule has 6 heteroatoms. The number of benzene rings is 3. The molecule has 0 spiro atoms. The number of nitrogens with one attached hydrogen (secondary N) is 1. The number of ether oxygens (including phenoxy) is 1. The summed E-state index contributed by atoms with van der Waals surface area (Å²) in [5.41, 5.74) is 2.62. The van der Waals surface area contributed by atoms with Gasteiger partial charge in [-0.15, -0.1) is 11.6 Å². The third-order valence-corrected chi connectivity index (χ3v) is 6.21. The summed E-state index contributed by atoms with van der Waals surface area (Å²) in [5.74, 6) is 1.08. The summed E-state index contributed by atoms with van der Waals surface area (Å²) in [6, 6.07) is 17.0. The van der Waals surface area contributed by atoms with E-state index in [-0.39, 0.29) is 23.2 Å². The van der Waals surface area contributed by atoms with E-state index in [1.807, 2.05) is 69.3 Å². The van der Waals surface area contributed by atoms with Crippen LogP contribution in [0.15, 0.2) is 54.6 Å². The van der Waals surface area contributed by atoms with Gasteiger partial charge in [-0.2, -0.15) is 0 Å². The monoisotopic (exact) mass is 448 g/mol. The SMILES string of the molecule is CC(C)(C)Oc1cccc2cc(C(=O)N3C[C@@H](CCl)c4c3cc(O)c3ccccc43)[nH]c12. The number of H-pyrrole nitrogens is 1. The van der Waals surface area contributed by atoms with E-state index < -0.39 is 0 Å². The van der Waals surface area contributed by atoms with Crippen LogP contribution in [0.25, 0.3) is 21.7 Å². The van der Waals surface area contributed by atoms with E-state index >= 15 is 0 Å². The molecule has 0 radical (unpaired) electrons. The van der Waals surface area contributed by atoms with Crippen molar-refractivity contribution in [2.75, 3.05) is 17.3 Å². The van der Waals surface area contributed by atoms with Gasteiger partial charge in [0.05, 0.1) is 11.2 Å². The van der Waals surface area contributed by atoms with Crippen LogP contribution in [-0.2, 0) is 0 Å². The Kier molecular flexibility index (Phi) is 4.82. The maximum Gasteiger partial charge on any atom is 0.274 e. The lowest BCUT2D eigenvalue weighted by Crippen LogP contribution is -2.30. The van der Waals surface area contributed by atoms with E-state index in [2.05, 4.69) is 4.98 Å². The second-order valence-corrected chi connectivity index (χ2v) is 9.57. The minimum absolute atomic E-state index is 0.00900. The molecule has 4 aromatic rings. The first kappa shape index (κ1) is 20.7. The van der Waals surface area contributed by atoms with Gasteiger partial charge in [0.2, 0.25) is 0 Å². The van der Waals surface area contributed by atoms with Gasteiger partial charge in [-0.1, -0.05) is 36.4 Å². The number of hydrogen-bond acceptors (Lipinski definition) is 3. The van der Waals surface area contributed by atoms with Crippen LogP contribution in [0.4, 0.5) is 5.69 Å². The van der Waals surface area contributed by atoms with Crippen molar-refractivity contribution in [3.05, 3.63) is 65.9 Å². The number of anilines is 1. The number of carbonyl (C=O) groups is 1. The zero-order chi connectivity index (χ0) is 22.6. The van der Waals surface area contributed by atoms with Crippen LogP contribution in [0.5, 0.6) is 11.5 Å². The van der Waals surface area contributed by atoms with E-state index in [1.54, 1.807) is 11.0 Å². The Bertz CT molecular complexity index is 1350. The van der Waals surface area contributed by atoms with Gasteiger partial charge in [0, 0.05) is 35.2 Å². The summed E-state index contributed by atoms with van der Waals surface area (Å²) >= 11 is 6.31. The number of aromatic amines is 1. The molecule has 0 saturated heterocycles. The number of aromatic hydroxyl groups is 1. The van der Waals surface area contributed by atoms with Crippen molar-refractivity contribution in [1.82, 2.24) is 4.98 Å². The molecule has 0 fully saturated rings.